The van der Waals surface area contributed by atoms with Gasteiger partial charge >= 0.3 is 0 Å². The van der Waals surface area contributed by atoms with Gasteiger partial charge in [-0.25, -0.2) is 9.97 Å². The van der Waals surface area contributed by atoms with Crippen LogP contribution in [-0.4, -0.2) is 43.3 Å². The summed E-state index contributed by atoms with van der Waals surface area (Å²) in [6.07, 6.45) is 1.55. The average molecular weight is 376 g/mol. The first-order valence-corrected chi connectivity index (χ1v) is 9.42. The molecule has 1 aliphatic heterocycles. The van der Waals surface area contributed by atoms with E-state index < -0.39 is 0 Å². The predicted molar refractivity (Wildman–Crippen MR) is 111 cm³/mol. The predicted octanol–water partition coefficient (Wildman–Crippen LogP) is 3.91. The number of rotatable bonds is 5. The maximum Gasteiger partial charge on any atom is 0.224 e. The third kappa shape index (κ3) is 4.01. The zero-order valence-electron chi connectivity index (χ0n) is 16.2. The molecule has 0 N–H and O–H groups in total. The lowest BCUT2D eigenvalue weighted by molar-refractivity contribution is 0.374. The van der Waals surface area contributed by atoms with E-state index in [1.165, 1.54) is 11.3 Å². The molecule has 0 radical (unpaired) electrons. The number of nitrogens with zero attached hydrogens (tertiary/aromatic N) is 4. The van der Waals surface area contributed by atoms with Crippen LogP contribution in [0.5, 0.6) is 17.4 Å². The fourth-order valence-corrected chi connectivity index (χ4v) is 3.32. The molecule has 28 heavy (non-hydrogen) atoms. The van der Waals surface area contributed by atoms with Gasteiger partial charge in [-0.15, -0.1) is 0 Å². The number of anilines is 2. The van der Waals surface area contributed by atoms with E-state index in [1.54, 1.807) is 13.4 Å². The first-order valence-electron chi connectivity index (χ1n) is 9.42. The number of hydrogen-bond donors (Lipinski definition) is 0. The van der Waals surface area contributed by atoms with E-state index in [0.29, 0.717) is 17.4 Å². The second kappa shape index (κ2) is 8.17. The molecule has 1 saturated heterocycles. The van der Waals surface area contributed by atoms with Crippen LogP contribution in [0, 0.1) is 6.92 Å². The monoisotopic (exact) mass is 376 g/mol. The van der Waals surface area contributed by atoms with Gasteiger partial charge in [-0.1, -0.05) is 29.8 Å². The minimum Gasteiger partial charge on any atom is -0.493 e. The molecule has 0 amide bonds. The molecule has 1 aliphatic rings. The molecule has 0 saturated carbocycles. The number of piperazine rings is 1. The highest BCUT2D eigenvalue weighted by Crippen LogP contribution is 2.31. The first-order chi connectivity index (χ1) is 13.7. The van der Waals surface area contributed by atoms with Crippen LogP contribution in [0.4, 0.5) is 11.5 Å². The van der Waals surface area contributed by atoms with Crippen molar-refractivity contribution in [3.63, 3.8) is 0 Å². The summed E-state index contributed by atoms with van der Waals surface area (Å²) in [4.78, 5) is 13.4. The Hall–Kier alpha value is -3.28. The van der Waals surface area contributed by atoms with Crippen LogP contribution in [0.3, 0.4) is 0 Å². The number of para-hydroxylation sites is 2. The number of aromatic nitrogens is 2. The van der Waals surface area contributed by atoms with E-state index in [-0.39, 0.29) is 0 Å². The van der Waals surface area contributed by atoms with E-state index in [9.17, 15) is 0 Å². The van der Waals surface area contributed by atoms with Crippen LogP contribution in [0.2, 0.25) is 0 Å². The SMILES string of the molecule is COc1ccccc1Oc1cc(N2CCN(c3ccc(C)cc3)CC2)ncn1. The number of methoxy groups -OCH3 is 1. The Balaban J connectivity index is 1.43. The van der Waals surface area contributed by atoms with Crippen LogP contribution in [0.1, 0.15) is 5.56 Å². The summed E-state index contributed by atoms with van der Waals surface area (Å²) >= 11 is 0. The summed E-state index contributed by atoms with van der Waals surface area (Å²) < 4.78 is 11.3. The lowest BCUT2D eigenvalue weighted by Gasteiger charge is -2.36. The highest BCUT2D eigenvalue weighted by atomic mass is 16.5. The van der Waals surface area contributed by atoms with Gasteiger partial charge in [0.25, 0.3) is 0 Å². The highest BCUT2D eigenvalue weighted by molar-refractivity contribution is 5.51. The van der Waals surface area contributed by atoms with Gasteiger partial charge in [-0.3, -0.25) is 0 Å². The summed E-state index contributed by atoms with van der Waals surface area (Å²) in [5.41, 5.74) is 2.55. The summed E-state index contributed by atoms with van der Waals surface area (Å²) in [5.74, 6) is 2.70. The summed E-state index contributed by atoms with van der Waals surface area (Å²) in [6, 6.07) is 18.1. The number of ether oxygens (including phenoxy) is 2. The molecular formula is C22H24N4O2. The van der Waals surface area contributed by atoms with E-state index in [4.69, 9.17) is 9.47 Å². The Kier molecular flexibility index (Phi) is 5.28. The fraction of sp³-hybridized carbons (Fsp3) is 0.273. The van der Waals surface area contributed by atoms with Gasteiger partial charge in [0.15, 0.2) is 11.5 Å². The van der Waals surface area contributed by atoms with Crippen molar-refractivity contribution in [3.05, 3.63) is 66.5 Å². The number of hydrogen-bond acceptors (Lipinski definition) is 6. The van der Waals surface area contributed by atoms with Crippen molar-refractivity contribution in [1.29, 1.82) is 0 Å². The molecule has 2 heterocycles. The van der Waals surface area contributed by atoms with Crippen molar-refractivity contribution in [2.75, 3.05) is 43.1 Å². The lowest BCUT2D eigenvalue weighted by atomic mass is 10.2. The molecule has 1 fully saturated rings. The largest absolute Gasteiger partial charge is 0.493 e. The topological polar surface area (TPSA) is 50.7 Å². The molecule has 6 nitrogen and oxygen atoms in total. The van der Waals surface area contributed by atoms with E-state index in [0.717, 1.165) is 32.0 Å². The smallest absolute Gasteiger partial charge is 0.224 e. The Morgan fingerprint density at radius 3 is 2.21 bits per heavy atom. The normalized spacial score (nSPS) is 14.1. The van der Waals surface area contributed by atoms with Crippen molar-refractivity contribution in [2.45, 2.75) is 6.92 Å². The van der Waals surface area contributed by atoms with Gasteiger partial charge in [0, 0.05) is 37.9 Å². The van der Waals surface area contributed by atoms with Gasteiger partial charge in [0.1, 0.15) is 12.1 Å². The van der Waals surface area contributed by atoms with Crippen molar-refractivity contribution in [1.82, 2.24) is 9.97 Å². The van der Waals surface area contributed by atoms with Crippen LogP contribution >= 0.6 is 0 Å². The van der Waals surface area contributed by atoms with Crippen molar-refractivity contribution in [3.8, 4) is 17.4 Å². The molecule has 0 atom stereocenters. The first kappa shape index (κ1) is 18.1. The average Bonchev–Trinajstić information content (AvgIpc) is 2.75. The van der Waals surface area contributed by atoms with Crippen molar-refractivity contribution < 1.29 is 9.47 Å². The molecule has 2 aromatic carbocycles. The maximum atomic E-state index is 5.92. The standard InChI is InChI=1S/C22H24N4O2/c1-17-7-9-18(10-8-17)25-11-13-26(14-12-25)21-15-22(24-16-23-21)28-20-6-4-3-5-19(20)27-2/h3-10,15-16H,11-14H2,1-2H3. The van der Waals surface area contributed by atoms with Crippen LogP contribution in [0.25, 0.3) is 0 Å². The Labute approximate surface area is 165 Å². The zero-order chi connectivity index (χ0) is 19.3. The van der Waals surface area contributed by atoms with Crippen LogP contribution in [0.15, 0.2) is 60.9 Å². The molecule has 4 rings (SSSR count). The molecular weight excluding hydrogens is 352 g/mol. The minimum absolute atomic E-state index is 0.510. The maximum absolute atomic E-state index is 5.92. The second-order valence-corrected chi connectivity index (χ2v) is 6.78. The molecule has 0 bridgehead atoms. The Morgan fingerprint density at radius 2 is 1.50 bits per heavy atom. The molecule has 6 heteroatoms. The van der Waals surface area contributed by atoms with Gasteiger partial charge < -0.3 is 19.3 Å². The van der Waals surface area contributed by atoms with Crippen molar-refractivity contribution >= 4 is 11.5 Å². The minimum atomic E-state index is 0.510. The van der Waals surface area contributed by atoms with Gasteiger partial charge in [-0.2, -0.15) is 0 Å². The van der Waals surface area contributed by atoms with E-state index >= 15 is 0 Å². The Morgan fingerprint density at radius 1 is 0.821 bits per heavy atom. The second-order valence-electron chi connectivity index (χ2n) is 6.78. The van der Waals surface area contributed by atoms with Crippen molar-refractivity contribution in [2.24, 2.45) is 0 Å². The summed E-state index contributed by atoms with van der Waals surface area (Å²) in [7, 11) is 1.63. The zero-order valence-corrected chi connectivity index (χ0v) is 16.2. The van der Waals surface area contributed by atoms with Crippen LogP contribution in [-0.2, 0) is 0 Å². The van der Waals surface area contributed by atoms with Crippen LogP contribution < -0.4 is 19.3 Å². The lowest BCUT2D eigenvalue weighted by Crippen LogP contribution is -2.46. The summed E-state index contributed by atoms with van der Waals surface area (Å²) in [5, 5.41) is 0. The molecule has 0 unspecified atom stereocenters. The third-order valence-electron chi connectivity index (χ3n) is 4.91. The number of benzene rings is 2. The van der Waals surface area contributed by atoms with E-state index in [1.807, 2.05) is 30.3 Å². The van der Waals surface area contributed by atoms with Gasteiger partial charge in [-0.05, 0) is 31.2 Å². The molecule has 0 spiro atoms. The fourth-order valence-electron chi connectivity index (χ4n) is 3.32. The summed E-state index contributed by atoms with van der Waals surface area (Å²) in [6.45, 7) is 5.82. The van der Waals surface area contributed by atoms with E-state index in [2.05, 4.69) is 51.0 Å². The van der Waals surface area contributed by atoms with Gasteiger partial charge in [0.2, 0.25) is 5.88 Å². The van der Waals surface area contributed by atoms with Gasteiger partial charge in [0.05, 0.1) is 7.11 Å². The number of aryl methyl sites for hydroxylation is 1. The highest BCUT2D eigenvalue weighted by Gasteiger charge is 2.19. The molecule has 0 aliphatic carbocycles. The quantitative estimate of drug-likeness (QED) is 0.673. The molecule has 3 aromatic rings. The Bertz CT molecular complexity index is 922. The third-order valence-corrected chi connectivity index (χ3v) is 4.91. The molecule has 1 aromatic heterocycles. The molecule has 144 valence electrons.